The van der Waals surface area contributed by atoms with Crippen LogP contribution in [0.15, 0.2) is 48.8 Å². The molecule has 0 bridgehead atoms. The van der Waals surface area contributed by atoms with Crippen molar-refractivity contribution in [3.8, 4) is 22.8 Å². The Labute approximate surface area is 183 Å². The van der Waals surface area contributed by atoms with Gasteiger partial charge in [-0.2, -0.15) is 0 Å². The van der Waals surface area contributed by atoms with Crippen LogP contribution in [0.3, 0.4) is 0 Å². The third-order valence-corrected chi connectivity index (χ3v) is 4.41. The Morgan fingerprint density at radius 2 is 1.72 bits per heavy atom. The van der Waals surface area contributed by atoms with Crippen molar-refractivity contribution in [1.82, 2.24) is 14.4 Å². The van der Waals surface area contributed by atoms with E-state index in [1.807, 2.05) is 20.8 Å². The molecule has 2 aromatic heterocycles. The van der Waals surface area contributed by atoms with Crippen molar-refractivity contribution in [2.75, 3.05) is 19.0 Å². The van der Waals surface area contributed by atoms with Crippen molar-refractivity contribution in [3.05, 3.63) is 66.2 Å². The highest BCUT2D eigenvalue weighted by molar-refractivity contribution is 5.70. The van der Waals surface area contributed by atoms with Gasteiger partial charge >= 0.3 is 0 Å². The van der Waals surface area contributed by atoms with Gasteiger partial charge in [-0.25, -0.2) is 23.1 Å². The highest BCUT2D eigenvalue weighted by atomic mass is 19.2. The Morgan fingerprint density at radius 3 is 2.44 bits per heavy atom. The van der Waals surface area contributed by atoms with E-state index in [9.17, 15) is 13.2 Å². The average molecular weight is 444 g/mol. The number of hydrogen-bond donors (Lipinski definition) is 1. The fourth-order valence-corrected chi connectivity index (χ4v) is 3.00. The summed E-state index contributed by atoms with van der Waals surface area (Å²) in [6, 6.07) is 8.27. The number of rotatable bonds is 6. The van der Waals surface area contributed by atoms with Gasteiger partial charge in [0.05, 0.1) is 25.1 Å². The van der Waals surface area contributed by atoms with Crippen LogP contribution in [0.4, 0.5) is 24.8 Å². The van der Waals surface area contributed by atoms with Crippen LogP contribution >= 0.6 is 0 Å². The van der Waals surface area contributed by atoms with Gasteiger partial charge in [-0.05, 0) is 25.1 Å². The first kappa shape index (κ1) is 22.9. The number of benzene rings is 2. The molecule has 0 amide bonds. The molecular weight excluding hydrogens is 421 g/mol. The monoisotopic (exact) mass is 444 g/mol. The molecular formula is C23H23F3N4O2. The second-order valence-electron chi connectivity index (χ2n) is 6.29. The van der Waals surface area contributed by atoms with Crippen LogP contribution in [0.1, 0.15) is 20.8 Å². The molecule has 32 heavy (non-hydrogen) atoms. The number of nitrogens with zero attached hydrogens (tertiary/aromatic N) is 3. The van der Waals surface area contributed by atoms with Gasteiger partial charge in [-0.15, -0.1) is 0 Å². The van der Waals surface area contributed by atoms with E-state index < -0.39 is 17.5 Å². The second kappa shape index (κ2) is 10.0. The summed E-state index contributed by atoms with van der Waals surface area (Å²) in [5, 5.41) is 2.71. The Hall–Kier alpha value is -3.75. The molecule has 9 heteroatoms. The molecule has 6 nitrogen and oxygen atoms in total. The van der Waals surface area contributed by atoms with E-state index in [0.717, 1.165) is 6.07 Å². The maximum Gasteiger partial charge on any atom is 0.213 e. The number of anilines is 2. The minimum atomic E-state index is -1.27. The molecule has 0 aliphatic heterocycles. The van der Waals surface area contributed by atoms with E-state index in [2.05, 4.69) is 15.3 Å². The maximum absolute atomic E-state index is 14.1. The predicted octanol–water partition coefficient (Wildman–Crippen LogP) is 5.99. The van der Waals surface area contributed by atoms with Crippen LogP contribution in [0.5, 0.6) is 11.5 Å². The maximum atomic E-state index is 14.1. The van der Waals surface area contributed by atoms with E-state index >= 15 is 0 Å². The number of aromatic nitrogens is 3. The third-order valence-electron chi connectivity index (χ3n) is 4.41. The molecule has 2 aromatic carbocycles. The van der Waals surface area contributed by atoms with Crippen molar-refractivity contribution in [2.45, 2.75) is 20.8 Å². The van der Waals surface area contributed by atoms with Gasteiger partial charge in [0.1, 0.15) is 11.5 Å². The Morgan fingerprint density at radius 1 is 0.969 bits per heavy atom. The summed E-state index contributed by atoms with van der Waals surface area (Å²) in [5.41, 5.74) is 1.49. The summed E-state index contributed by atoms with van der Waals surface area (Å²) in [7, 11) is 1.53. The van der Waals surface area contributed by atoms with Gasteiger partial charge in [0.2, 0.25) is 5.95 Å². The molecule has 0 atom stereocenters. The van der Waals surface area contributed by atoms with Gasteiger partial charge in [-0.1, -0.05) is 13.8 Å². The summed E-state index contributed by atoms with van der Waals surface area (Å²) < 4.78 is 53.5. The van der Waals surface area contributed by atoms with E-state index in [-0.39, 0.29) is 11.6 Å². The van der Waals surface area contributed by atoms with Crippen LogP contribution in [0.2, 0.25) is 0 Å². The van der Waals surface area contributed by atoms with E-state index in [1.165, 1.54) is 7.11 Å². The van der Waals surface area contributed by atoms with Crippen LogP contribution in [-0.2, 0) is 0 Å². The molecule has 1 N–H and O–H groups in total. The van der Waals surface area contributed by atoms with Crippen LogP contribution < -0.4 is 14.8 Å². The molecule has 2 heterocycles. The number of hydrogen-bond acceptors (Lipinski definition) is 5. The second-order valence-corrected chi connectivity index (χ2v) is 6.29. The zero-order chi connectivity index (χ0) is 23.3. The Bertz CT molecular complexity index is 1230. The van der Waals surface area contributed by atoms with E-state index in [0.29, 0.717) is 41.1 Å². The number of nitrogens with one attached hydrogen (secondary N) is 1. The average Bonchev–Trinajstić information content (AvgIpc) is 3.28. The Kier molecular flexibility index (Phi) is 7.19. The zero-order valence-electron chi connectivity index (χ0n) is 18.1. The minimum absolute atomic E-state index is 0.178. The van der Waals surface area contributed by atoms with Crippen LogP contribution in [0, 0.1) is 17.5 Å². The van der Waals surface area contributed by atoms with Crippen molar-refractivity contribution in [1.29, 1.82) is 0 Å². The smallest absolute Gasteiger partial charge is 0.213 e. The van der Waals surface area contributed by atoms with Crippen LogP contribution in [0.25, 0.3) is 16.9 Å². The lowest BCUT2D eigenvalue weighted by atomic mass is 10.1. The van der Waals surface area contributed by atoms with Crippen molar-refractivity contribution >= 4 is 17.3 Å². The Balaban J connectivity index is 0.00000141. The summed E-state index contributed by atoms with van der Waals surface area (Å²) >= 11 is 0. The first-order chi connectivity index (χ1) is 15.5. The molecule has 0 fully saturated rings. The standard InChI is InChI=1S/C21H17F3N4O2.C2H6/c1-3-30-18-5-4-12(8-19(18)29-2)16-11-20-25-6-7-28(20)21(26-16)27-17-10-14(23)13(22)9-15(17)24;1-2/h4-11H,3H2,1-2H3,(H,26,27);1-2H3. The molecule has 0 aliphatic rings. The summed E-state index contributed by atoms with van der Waals surface area (Å²) in [6.07, 6.45) is 3.16. The van der Waals surface area contributed by atoms with Gasteiger partial charge in [0, 0.05) is 36.2 Å². The molecule has 0 saturated heterocycles. The molecule has 0 saturated carbocycles. The number of imidazole rings is 1. The zero-order valence-corrected chi connectivity index (χ0v) is 18.1. The minimum Gasteiger partial charge on any atom is -0.493 e. The number of fused-ring (bicyclic) bond motifs is 1. The van der Waals surface area contributed by atoms with Gasteiger partial charge < -0.3 is 14.8 Å². The SMILES string of the molecule is CC.CCOc1ccc(-c2cc3nccn3c(Nc3cc(F)c(F)cc3F)n2)cc1OC. The molecule has 4 rings (SSSR count). The molecule has 0 radical (unpaired) electrons. The van der Waals surface area contributed by atoms with Gasteiger partial charge in [0.15, 0.2) is 23.1 Å². The van der Waals surface area contributed by atoms with Gasteiger partial charge in [0.25, 0.3) is 0 Å². The number of ether oxygens (including phenoxy) is 2. The lowest BCUT2D eigenvalue weighted by Gasteiger charge is -2.13. The van der Waals surface area contributed by atoms with Crippen molar-refractivity contribution in [3.63, 3.8) is 0 Å². The summed E-state index contributed by atoms with van der Waals surface area (Å²) in [5.74, 6) is -2.09. The molecule has 0 aliphatic carbocycles. The van der Waals surface area contributed by atoms with E-state index in [1.54, 1.807) is 41.1 Å². The number of methoxy groups -OCH3 is 1. The van der Waals surface area contributed by atoms with Crippen molar-refractivity contribution in [2.24, 2.45) is 0 Å². The first-order valence-electron chi connectivity index (χ1n) is 10.1. The highest BCUT2D eigenvalue weighted by Crippen LogP contribution is 2.33. The normalized spacial score (nSPS) is 10.5. The molecule has 0 spiro atoms. The van der Waals surface area contributed by atoms with Crippen LogP contribution in [-0.4, -0.2) is 28.1 Å². The summed E-state index contributed by atoms with van der Waals surface area (Å²) in [6.45, 7) is 6.36. The lowest BCUT2D eigenvalue weighted by Crippen LogP contribution is -2.05. The largest absolute Gasteiger partial charge is 0.493 e. The fourth-order valence-electron chi connectivity index (χ4n) is 3.00. The quantitative estimate of drug-likeness (QED) is 0.370. The number of halogens is 3. The highest BCUT2D eigenvalue weighted by Gasteiger charge is 2.15. The predicted molar refractivity (Wildman–Crippen MR) is 117 cm³/mol. The first-order valence-corrected chi connectivity index (χ1v) is 10.1. The topological polar surface area (TPSA) is 60.7 Å². The summed E-state index contributed by atoms with van der Waals surface area (Å²) in [4.78, 5) is 8.77. The van der Waals surface area contributed by atoms with Gasteiger partial charge in [-0.3, -0.25) is 4.40 Å². The lowest BCUT2D eigenvalue weighted by molar-refractivity contribution is 0.311. The van der Waals surface area contributed by atoms with E-state index in [4.69, 9.17) is 9.47 Å². The molecule has 0 unspecified atom stereocenters. The fraction of sp³-hybridized carbons (Fsp3) is 0.217. The van der Waals surface area contributed by atoms with Crippen molar-refractivity contribution < 1.29 is 22.6 Å². The molecule has 168 valence electrons. The molecule has 4 aromatic rings. The third kappa shape index (κ3) is 4.61.